The molecular formula is C10H15N3O2S. The molecule has 0 spiro atoms. The number of ether oxygens (including phenoxy) is 1. The lowest BCUT2D eigenvalue weighted by atomic mass is 10.2. The van der Waals surface area contributed by atoms with Crippen molar-refractivity contribution < 1.29 is 4.74 Å². The molecule has 2 rings (SSSR count). The Morgan fingerprint density at radius 3 is 3.06 bits per heavy atom. The van der Waals surface area contributed by atoms with E-state index in [-0.39, 0.29) is 11.7 Å². The van der Waals surface area contributed by atoms with Crippen LogP contribution in [0.2, 0.25) is 0 Å². The maximum Gasteiger partial charge on any atom is 0.256 e. The van der Waals surface area contributed by atoms with E-state index in [0.717, 1.165) is 11.5 Å². The number of hydrogen-bond donors (Lipinski definition) is 2. The van der Waals surface area contributed by atoms with Gasteiger partial charge in [-0.3, -0.25) is 4.79 Å². The highest BCUT2D eigenvalue weighted by Gasteiger charge is 2.20. The molecule has 1 aromatic rings. The van der Waals surface area contributed by atoms with Crippen LogP contribution in [0.25, 0.3) is 0 Å². The summed E-state index contributed by atoms with van der Waals surface area (Å²) in [7, 11) is 0. The summed E-state index contributed by atoms with van der Waals surface area (Å²) < 4.78 is 5.54. The summed E-state index contributed by atoms with van der Waals surface area (Å²) >= 11 is 1.79. The number of hydrogen-bond acceptors (Lipinski definition) is 5. The van der Waals surface area contributed by atoms with Gasteiger partial charge in [0.2, 0.25) is 0 Å². The van der Waals surface area contributed by atoms with Crippen LogP contribution in [-0.2, 0) is 11.2 Å². The van der Waals surface area contributed by atoms with Crippen LogP contribution in [-0.4, -0.2) is 28.1 Å². The van der Waals surface area contributed by atoms with Crippen molar-refractivity contribution in [3.8, 4) is 0 Å². The second-order valence-corrected chi connectivity index (χ2v) is 4.75. The summed E-state index contributed by atoms with van der Waals surface area (Å²) in [6.07, 6.45) is 0.453. The Kier molecular flexibility index (Phi) is 3.50. The van der Waals surface area contributed by atoms with Gasteiger partial charge >= 0.3 is 0 Å². The van der Waals surface area contributed by atoms with Crippen LogP contribution in [0.15, 0.2) is 4.79 Å². The molecule has 1 aliphatic rings. The molecule has 1 fully saturated rings. The number of nitrogen functional groups attached to an aromatic ring is 1. The molecule has 88 valence electrons. The first kappa shape index (κ1) is 11.5. The smallest absolute Gasteiger partial charge is 0.256 e. The van der Waals surface area contributed by atoms with Crippen molar-refractivity contribution in [3.63, 3.8) is 0 Å². The minimum absolute atomic E-state index is 0.139. The third-order valence-electron chi connectivity index (χ3n) is 2.54. The van der Waals surface area contributed by atoms with Crippen molar-refractivity contribution in [1.82, 2.24) is 9.97 Å². The Labute approximate surface area is 97.8 Å². The molecule has 1 unspecified atom stereocenters. The average Bonchev–Trinajstić information content (AvgIpc) is 2.30. The van der Waals surface area contributed by atoms with Gasteiger partial charge in [-0.15, -0.1) is 0 Å². The molecule has 0 aliphatic carbocycles. The number of H-pyrrole nitrogens is 1. The fraction of sp³-hybridized carbons (Fsp3) is 0.600. The quantitative estimate of drug-likeness (QED) is 0.797. The lowest BCUT2D eigenvalue weighted by Gasteiger charge is -2.21. The number of thioether (sulfide) groups is 1. The minimum atomic E-state index is -0.149. The largest absolute Gasteiger partial charge is 0.383 e. The molecule has 0 amide bonds. The van der Waals surface area contributed by atoms with E-state index in [1.165, 1.54) is 0 Å². The third kappa shape index (κ3) is 2.22. The van der Waals surface area contributed by atoms with Crippen molar-refractivity contribution in [1.29, 1.82) is 0 Å². The first-order valence-electron chi connectivity index (χ1n) is 5.30. The molecule has 0 radical (unpaired) electrons. The maximum atomic E-state index is 11.7. The molecule has 3 N–H and O–H groups in total. The van der Waals surface area contributed by atoms with Gasteiger partial charge in [0.05, 0.1) is 12.2 Å². The fourth-order valence-electron chi connectivity index (χ4n) is 1.67. The zero-order valence-corrected chi connectivity index (χ0v) is 9.97. The summed E-state index contributed by atoms with van der Waals surface area (Å²) in [5.74, 6) is 2.67. The Morgan fingerprint density at radius 2 is 2.50 bits per heavy atom. The molecular weight excluding hydrogens is 226 g/mol. The predicted octanol–water partition coefficient (Wildman–Crippen LogP) is 0.719. The van der Waals surface area contributed by atoms with Crippen LogP contribution in [0.1, 0.15) is 24.4 Å². The molecule has 1 aliphatic heterocycles. The van der Waals surface area contributed by atoms with Crippen LogP contribution in [0, 0.1) is 0 Å². The number of nitrogens with two attached hydrogens (primary N) is 1. The zero-order chi connectivity index (χ0) is 11.5. The highest BCUT2D eigenvalue weighted by atomic mass is 32.2. The summed E-state index contributed by atoms with van der Waals surface area (Å²) in [6, 6.07) is 0. The van der Waals surface area contributed by atoms with E-state index in [1.54, 1.807) is 11.8 Å². The van der Waals surface area contributed by atoms with E-state index < -0.39 is 0 Å². The number of aromatic amines is 1. The van der Waals surface area contributed by atoms with E-state index in [2.05, 4.69) is 9.97 Å². The van der Waals surface area contributed by atoms with Crippen molar-refractivity contribution in [2.45, 2.75) is 19.4 Å². The van der Waals surface area contributed by atoms with Gasteiger partial charge < -0.3 is 15.5 Å². The van der Waals surface area contributed by atoms with E-state index in [4.69, 9.17) is 10.5 Å². The molecule has 1 aromatic heterocycles. The van der Waals surface area contributed by atoms with Crippen LogP contribution in [0.5, 0.6) is 0 Å². The lowest BCUT2D eigenvalue weighted by molar-refractivity contribution is 0.0693. The number of rotatable bonds is 2. The SMILES string of the molecule is CCc1c(N)nc(C2CSCCO2)[nH]c1=O. The van der Waals surface area contributed by atoms with E-state index >= 15 is 0 Å². The monoisotopic (exact) mass is 241 g/mol. The highest BCUT2D eigenvalue weighted by Crippen LogP contribution is 2.24. The molecule has 0 saturated carbocycles. The van der Waals surface area contributed by atoms with Gasteiger partial charge in [0.1, 0.15) is 17.7 Å². The summed E-state index contributed by atoms with van der Waals surface area (Å²) in [5.41, 5.74) is 6.15. The van der Waals surface area contributed by atoms with Crippen LogP contribution < -0.4 is 11.3 Å². The Balaban J connectivity index is 2.31. The maximum absolute atomic E-state index is 11.7. The molecule has 5 nitrogen and oxygen atoms in total. The minimum Gasteiger partial charge on any atom is -0.383 e. The zero-order valence-electron chi connectivity index (χ0n) is 9.16. The predicted molar refractivity (Wildman–Crippen MR) is 64.7 cm³/mol. The topological polar surface area (TPSA) is 81.0 Å². The molecule has 16 heavy (non-hydrogen) atoms. The molecule has 2 heterocycles. The first-order valence-corrected chi connectivity index (χ1v) is 6.45. The second-order valence-electron chi connectivity index (χ2n) is 3.60. The fourth-order valence-corrected chi connectivity index (χ4v) is 2.52. The summed E-state index contributed by atoms with van der Waals surface area (Å²) in [5, 5.41) is 0. The average molecular weight is 241 g/mol. The summed E-state index contributed by atoms with van der Waals surface area (Å²) in [6.45, 7) is 2.57. The van der Waals surface area contributed by atoms with Crippen LogP contribution >= 0.6 is 11.8 Å². The van der Waals surface area contributed by atoms with Crippen LogP contribution in [0.4, 0.5) is 5.82 Å². The van der Waals surface area contributed by atoms with Gasteiger partial charge in [-0.05, 0) is 6.42 Å². The lowest BCUT2D eigenvalue weighted by Crippen LogP contribution is -2.25. The highest BCUT2D eigenvalue weighted by molar-refractivity contribution is 7.99. The summed E-state index contributed by atoms with van der Waals surface area (Å²) in [4.78, 5) is 18.7. The van der Waals surface area contributed by atoms with Crippen molar-refractivity contribution in [3.05, 3.63) is 21.7 Å². The molecule has 1 atom stereocenters. The Bertz CT molecular complexity index is 427. The third-order valence-corrected chi connectivity index (χ3v) is 3.53. The van der Waals surface area contributed by atoms with E-state index in [9.17, 15) is 4.79 Å². The normalized spacial score (nSPS) is 20.9. The number of nitrogens with zero attached hydrogens (tertiary/aromatic N) is 1. The molecule has 0 bridgehead atoms. The Hall–Kier alpha value is -1.01. The first-order chi connectivity index (χ1) is 7.72. The van der Waals surface area contributed by atoms with Gasteiger partial charge in [-0.25, -0.2) is 4.98 Å². The van der Waals surface area contributed by atoms with Crippen molar-refractivity contribution in [2.24, 2.45) is 0 Å². The van der Waals surface area contributed by atoms with Crippen LogP contribution in [0.3, 0.4) is 0 Å². The standard InChI is InChI=1S/C10H15N3O2S/c1-2-6-8(11)12-9(13-10(6)14)7-5-16-4-3-15-7/h7H,2-5H2,1H3,(H3,11,12,13,14). The molecule has 6 heteroatoms. The van der Waals surface area contributed by atoms with Gasteiger partial charge in [-0.1, -0.05) is 6.92 Å². The van der Waals surface area contributed by atoms with Gasteiger partial charge in [0.25, 0.3) is 5.56 Å². The molecule has 1 saturated heterocycles. The number of aromatic nitrogens is 2. The second kappa shape index (κ2) is 4.88. The van der Waals surface area contributed by atoms with E-state index in [0.29, 0.717) is 30.2 Å². The van der Waals surface area contributed by atoms with Crippen molar-refractivity contribution in [2.75, 3.05) is 23.8 Å². The van der Waals surface area contributed by atoms with Gasteiger partial charge in [-0.2, -0.15) is 11.8 Å². The van der Waals surface area contributed by atoms with E-state index in [1.807, 2.05) is 6.92 Å². The Morgan fingerprint density at radius 1 is 1.69 bits per heavy atom. The van der Waals surface area contributed by atoms with Crippen molar-refractivity contribution >= 4 is 17.6 Å². The van der Waals surface area contributed by atoms with Gasteiger partial charge in [0, 0.05) is 11.5 Å². The van der Waals surface area contributed by atoms with Gasteiger partial charge in [0.15, 0.2) is 0 Å². The molecule has 0 aromatic carbocycles. The number of nitrogens with one attached hydrogen (secondary N) is 1. The number of anilines is 1.